The second kappa shape index (κ2) is 5.25. The van der Waals surface area contributed by atoms with Crippen LogP contribution in [0.3, 0.4) is 0 Å². The van der Waals surface area contributed by atoms with E-state index >= 15 is 0 Å². The fourth-order valence-electron chi connectivity index (χ4n) is 1.72. The molecule has 1 unspecified atom stereocenters. The van der Waals surface area contributed by atoms with Gasteiger partial charge in [-0.25, -0.2) is 9.59 Å². The van der Waals surface area contributed by atoms with Crippen molar-refractivity contribution in [3.05, 3.63) is 0 Å². The third kappa shape index (κ3) is 4.93. The van der Waals surface area contributed by atoms with Gasteiger partial charge in [0.05, 0.1) is 0 Å². The normalized spacial score (nSPS) is 20.2. The largest absolute Gasteiger partial charge is 0.465 e. The highest BCUT2D eigenvalue weighted by atomic mass is 16.6. The molecule has 98 valence electrons. The van der Waals surface area contributed by atoms with Crippen LogP contribution in [0.15, 0.2) is 0 Å². The fraction of sp³-hybridized carbons (Fsp3) is 0.818. The van der Waals surface area contributed by atoms with Crippen LogP contribution < -0.4 is 5.32 Å². The molecule has 2 N–H and O–H groups in total. The van der Waals surface area contributed by atoms with Crippen molar-refractivity contribution in [1.82, 2.24) is 10.2 Å². The van der Waals surface area contributed by atoms with E-state index in [1.807, 2.05) is 20.8 Å². The van der Waals surface area contributed by atoms with Crippen molar-refractivity contribution in [1.29, 1.82) is 0 Å². The highest BCUT2D eigenvalue weighted by Crippen LogP contribution is 2.18. The van der Waals surface area contributed by atoms with Crippen LogP contribution in [-0.2, 0) is 4.74 Å². The van der Waals surface area contributed by atoms with E-state index in [0.717, 1.165) is 6.42 Å². The molecule has 0 aromatic carbocycles. The van der Waals surface area contributed by atoms with Gasteiger partial charge in [-0.2, -0.15) is 0 Å². The van der Waals surface area contributed by atoms with E-state index in [0.29, 0.717) is 19.6 Å². The lowest BCUT2D eigenvalue weighted by molar-refractivity contribution is 0.0288. The molecule has 1 fully saturated rings. The Morgan fingerprint density at radius 3 is 2.65 bits per heavy atom. The summed E-state index contributed by atoms with van der Waals surface area (Å²) in [5, 5.41) is 10.8. The number of hydrogen-bond donors (Lipinski definition) is 2. The van der Waals surface area contributed by atoms with Crippen molar-refractivity contribution < 1.29 is 19.4 Å². The van der Waals surface area contributed by atoms with Crippen molar-refractivity contribution in [2.45, 2.75) is 32.8 Å². The van der Waals surface area contributed by atoms with E-state index in [9.17, 15) is 9.59 Å². The molecule has 1 aliphatic heterocycles. The summed E-state index contributed by atoms with van der Waals surface area (Å²) in [5.74, 6) is 0.179. The van der Waals surface area contributed by atoms with E-state index in [-0.39, 0.29) is 12.0 Å². The van der Waals surface area contributed by atoms with Crippen molar-refractivity contribution >= 4 is 12.2 Å². The number of ether oxygens (including phenoxy) is 1. The monoisotopic (exact) mass is 244 g/mol. The van der Waals surface area contributed by atoms with E-state index < -0.39 is 11.7 Å². The van der Waals surface area contributed by atoms with Gasteiger partial charge in [-0.1, -0.05) is 0 Å². The van der Waals surface area contributed by atoms with E-state index in [4.69, 9.17) is 9.84 Å². The molecule has 6 heteroatoms. The van der Waals surface area contributed by atoms with Gasteiger partial charge >= 0.3 is 12.2 Å². The van der Waals surface area contributed by atoms with Gasteiger partial charge in [-0.3, -0.25) is 0 Å². The smallest absolute Gasteiger partial charge is 0.410 e. The molecule has 0 aromatic heterocycles. The molecule has 1 rings (SSSR count). The van der Waals surface area contributed by atoms with Gasteiger partial charge in [0.1, 0.15) is 5.60 Å². The number of hydrogen-bond acceptors (Lipinski definition) is 3. The minimum absolute atomic E-state index is 0.179. The number of rotatable bonds is 2. The van der Waals surface area contributed by atoms with E-state index in [1.54, 1.807) is 4.90 Å². The molecule has 2 amide bonds. The number of amides is 2. The lowest BCUT2D eigenvalue weighted by atomic mass is 10.1. The summed E-state index contributed by atoms with van der Waals surface area (Å²) in [6.45, 7) is 7.03. The van der Waals surface area contributed by atoms with Crippen LogP contribution in [0.25, 0.3) is 0 Å². The second-order valence-electron chi connectivity index (χ2n) is 5.27. The maximum Gasteiger partial charge on any atom is 0.410 e. The molecule has 0 aliphatic carbocycles. The number of carbonyl (C=O) groups is 2. The minimum Gasteiger partial charge on any atom is -0.465 e. The molecule has 0 aromatic rings. The van der Waals surface area contributed by atoms with Gasteiger partial charge in [0.15, 0.2) is 0 Å². The Labute approximate surface area is 101 Å². The van der Waals surface area contributed by atoms with Crippen LogP contribution in [0.2, 0.25) is 0 Å². The van der Waals surface area contributed by atoms with E-state index in [1.165, 1.54) is 0 Å². The third-order valence-corrected chi connectivity index (χ3v) is 2.48. The number of carbonyl (C=O) groups excluding carboxylic acids is 1. The summed E-state index contributed by atoms with van der Waals surface area (Å²) in [4.78, 5) is 23.7. The van der Waals surface area contributed by atoms with Gasteiger partial charge in [0, 0.05) is 19.6 Å². The van der Waals surface area contributed by atoms with Gasteiger partial charge in [-0.15, -0.1) is 0 Å². The summed E-state index contributed by atoms with van der Waals surface area (Å²) in [6, 6.07) is 0. The number of likely N-dealkylation sites (tertiary alicyclic amines) is 1. The Kier molecular flexibility index (Phi) is 4.20. The van der Waals surface area contributed by atoms with Gasteiger partial charge < -0.3 is 20.1 Å². The van der Waals surface area contributed by atoms with Gasteiger partial charge in [0.25, 0.3) is 0 Å². The first-order valence-corrected chi connectivity index (χ1v) is 5.72. The molecular weight excluding hydrogens is 224 g/mol. The summed E-state index contributed by atoms with van der Waals surface area (Å²) >= 11 is 0. The highest BCUT2D eigenvalue weighted by Gasteiger charge is 2.29. The summed E-state index contributed by atoms with van der Waals surface area (Å²) in [6.07, 6.45) is -0.546. The zero-order chi connectivity index (χ0) is 13.1. The summed E-state index contributed by atoms with van der Waals surface area (Å²) < 4.78 is 5.25. The average Bonchev–Trinajstić information content (AvgIpc) is 2.60. The zero-order valence-electron chi connectivity index (χ0n) is 10.5. The first kappa shape index (κ1) is 13.6. The van der Waals surface area contributed by atoms with Crippen molar-refractivity contribution in [2.75, 3.05) is 19.6 Å². The SMILES string of the molecule is CC(C)(C)OC(=O)N1CCC(CNC(=O)O)C1. The Morgan fingerprint density at radius 2 is 2.12 bits per heavy atom. The lowest BCUT2D eigenvalue weighted by Gasteiger charge is -2.24. The first-order valence-electron chi connectivity index (χ1n) is 5.72. The molecule has 1 aliphatic rings. The average molecular weight is 244 g/mol. The first-order chi connectivity index (χ1) is 7.78. The zero-order valence-corrected chi connectivity index (χ0v) is 10.5. The number of carboxylic acid groups (broad SMARTS) is 1. The molecule has 1 atom stereocenters. The molecule has 0 spiro atoms. The Balaban J connectivity index is 2.34. The van der Waals surface area contributed by atoms with Crippen LogP contribution in [0.1, 0.15) is 27.2 Å². The maximum absolute atomic E-state index is 11.7. The molecule has 0 radical (unpaired) electrons. The van der Waals surface area contributed by atoms with Gasteiger partial charge in [-0.05, 0) is 33.1 Å². The standard InChI is InChI=1S/C11H20N2O4/c1-11(2,3)17-10(16)13-5-4-8(7-13)6-12-9(14)15/h8,12H,4-7H2,1-3H3,(H,14,15). The summed E-state index contributed by atoms with van der Waals surface area (Å²) in [5.41, 5.74) is -0.492. The Bertz CT molecular complexity index is 298. The van der Waals surface area contributed by atoms with E-state index in [2.05, 4.69) is 5.32 Å². The minimum atomic E-state index is -1.03. The van der Waals surface area contributed by atoms with Crippen LogP contribution in [-0.4, -0.2) is 47.4 Å². The second-order valence-corrected chi connectivity index (χ2v) is 5.27. The summed E-state index contributed by atoms with van der Waals surface area (Å²) in [7, 11) is 0. The van der Waals surface area contributed by atoms with Crippen LogP contribution >= 0.6 is 0 Å². The predicted octanol–water partition coefficient (Wildman–Crippen LogP) is 1.51. The van der Waals surface area contributed by atoms with Crippen LogP contribution in [0, 0.1) is 5.92 Å². The Morgan fingerprint density at radius 1 is 1.47 bits per heavy atom. The number of nitrogens with zero attached hydrogens (tertiary/aromatic N) is 1. The maximum atomic E-state index is 11.7. The van der Waals surface area contributed by atoms with Crippen molar-refractivity contribution in [3.63, 3.8) is 0 Å². The molecule has 1 heterocycles. The molecule has 17 heavy (non-hydrogen) atoms. The number of nitrogens with one attached hydrogen (secondary N) is 1. The highest BCUT2D eigenvalue weighted by molar-refractivity contribution is 5.68. The van der Waals surface area contributed by atoms with Gasteiger partial charge in [0.2, 0.25) is 0 Å². The van der Waals surface area contributed by atoms with Crippen LogP contribution in [0.5, 0.6) is 0 Å². The van der Waals surface area contributed by atoms with Crippen LogP contribution in [0.4, 0.5) is 9.59 Å². The molecule has 0 saturated carbocycles. The van der Waals surface area contributed by atoms with Crippen molar-refractivity contribution in [2.24, 2.45) is 5.92 Å². The topological polar surface area (TPSA) is 78.9 Å². The lowest BCUT2D eigenvalue weighted by Crippen LogP contribution is -2.36. The quantitative estimate of drug-likeness (QED) is 0.771. The molecule has 6 nitrogen and oxygen atoms in total. The fourth-order valence-corrected chi connectivity index (χ4v) is 1.72. The molecule has 1 saturated heterocycles. The predicted molar refractivity (Wildman–Crippen MR) is 61.9 cm³/mol. The Hall–Kier alpha value is -1.46. The molecular formula is C11H20N2O4. The third-order valence-electron chi connectivity index (χ3n) is 2.48. The van der Waals surface area contributed by atoms with Crippen molar-refractivity contribution in [3.8, 4) is 0 Å². The molecule has 0 bridgehead atoms.